The third-order valence-electron chi connectivity index (χ3n) is 3.56. The quantitative estimate of drug-likeness (QED) is 0.835. The van der Waals surface area contributed by atoms with Crippen molar-refractivity contribution in [2.45, 2.75) is 13.0 Å². The minimum Gasteiger partial charge on any atom is -0.379 e. The van der Waals surface area contributed by atoms with Crippen LogP contribution < -0.4 is 5.32 Å². The molecular weight excluding hydrogens is 330 g/mol. The fraction of sp³-hybridized carbons (Fsp3) is 0.312. The van der Waals surface area contributed by atoms with E-state index < -0.39 is 17.7 Å². The lowest BCUT2D eigenvalue weighted by atomic mass is 10.1. The molecule has 1 atom stereocenters. The highest BCUT2D eigenvalue weighted by Crippen LogP contribution is 2.22. The van der Waals surface area contributed by atoms with Gasteiger partial charge in [0.15, 0.2) is 0 Å². The molecule has 0 aliphatic carbocycles. The van der Waals surface area contributed by atoms with Crippen LogP contribution in [0, 0.1) is 11.6 Å². The zero-order valence-electron chi connectivity index (χ0n) is 13.5. The molecular formula is C16H16F2N6O. The molecule has 0 amide bonds. The molecule has 2 aromatic rings. The van der Waals surface area contributed by atoms with Gasteiger partial charge in [-0.15, -0.1) is 5.10 Å². The normalized spacial score (nSPS) is 14.4. The highest BCUT2D eigenvalue weighted by molar-refractivity contribution is 6.02. The number of benzene rings is 1. The van der Waals surface area contributed by atoms with Gasteiger partial charge in [0.2, 0.25) is 5.95 Å². The molecule has 25 heavy (non-hydrogen) atoms. The summed E-state index contributed by atoms with van der Waals surface area (Å²) in [6, 6.07) is 2.87. The van der Waals surface area contributed by atoms with Crippen LogP contribution >= 0.6 is 0 Å². The van der Waals surface area contributed by atoms with Crippen LogP contribution in [0.3, 0.4) is 0 Å². The van der Waals surface area contributed by atoms with Crippen molar-refractivity contribution in [2.75, 3.05) is 25.1 Å². The topological polar surface area (TPSA) is 84.1 Å². The molecule has 0 saturated heterocycles. The summed E-state index contributed by atoms with van der Waals surface area (Å²) in [4.78, 5) is 8.41. The number of rotatable bonds is 7. The summed E-state index contributed by atoms with van der Waals surface area (Å²) >= 11 is 0. The Labute approximate surface area is 142 Å². The lowest BCUT2D eigenvalue weighted by molar-refractivity contribution is 0.137. The molecule has 2 heterocycles. The predicted molar refractivity (Wildman–Crippen MR) is 87.5 cm³/mol. The van der Waals surface area contributed by atoms with E-state index >= 15 is 0 Å². The molecule has 9 heteroatoms. The Bertz CT molecular complexity index is 794. The highest BCUT2D eigenvalue weighted by Gasteiger charge is 2.18. The maximum atomic E-state index is 14.1. The Morgan fingerprint density at radius 1 is 1.24 bits per heavy atom. The van der Waals surface area contributed by atoms with Crippen molar-refractivity contribution in [3.8, 4) is 0 Å². The number of hydrogen-bond acceptors (Lipinski definition) is 7. The molecule has 1 aromatic carbocycles. The molecule has 1 N–H and O–H groups in total. The summed E-state index contributed by atoms with van der Waals surface area (Å²) in [5.41, 5.74) is 1.67. The smallest absolute Gasteiger partial charge is 0.223 e. The van der Waals surface area contributed by atoms with E-state index in [1.54, 1.807) is 12.4 Å². The van der Waals surface area contributed by atoms with E-state index in [1.165, 1.54) is 12.1 Å². The summed E-state index contributed by atoms with van der Waals surface area (Å²) in [5, 5.41) is 14.2. The number of hydrogen-bond donors (Lipinski definition) is 1. The van der Waals surface area contributed by atoms with Crippen molar-refractivity contribution in [3.05, 3.63) is 53.4 Å². The van der Waals surface area contributed by atoms with E-state index in [-0.39, 0.29) is 12.2 Å². The fourth-order valence-electron chi connectivity index (χ4n) is 2.30. The van der Waals surface area contributed by atoms with Crippen LogP contribution in [-0.2, 0) is 4.74 Å². The summed E-state index contributed by atoms with van der Waals surface area (Å²) in [6.07, 6.45) is 3.17. The van der Waals surface area contributed by atoms with Crippen LogP contribution in [0.15, 0.2) is 46.0 Å². The van der Waals surface area contributed by atoms with Gasteiger partial charge in [-0.05, 0) is 18.2 Å². The number of anilines is 1. The van der Waals surface area contributed by atoms with Gasteiger partial charge in [0.1, 0.15) is 18.2 Å². The second kappa shape index (κ2) is 7.84. The van der Waals surface area contributed by atoms with Crippen molar-refractivity contribution < 1.29 is 13.5 Å². The fourth-order valence-corrected chi connectivity index (χ4v) is 2.30. The first-order valence-corrected chi connectivity index (χ1v) is 7.72. The second-order valence-electron chi connectivity index (χ2n) is 5.25. The SMILES string of the molecule is CCOCC(Nc1ncc(C2=NN=NC2)cn1)c1ccc(F)cc1F. The lowest BCUT2D eigenvalue weighted by Gasteiger charge is -2.19. The molecule has 1 aliphatic rings. The van der Waals surface area contributed by atoms with Crippen molar-refractivity contribution in [1.82, 2.24) is 9.97 Å². The van der Waals surface area contributed by atoms with E-state index in [2.05, 4.69) is 30.7 Å². The number of halogens is 2. The van der Waals surface area contributed by atoms with Crippen molar-refractivity contribution in [3.63, 3.8) is 0 Å². The Balaban J connectivity index is 1.77. The van der Waals surface area contributed by atoms with Gasteiger partial charge in [-0.1, -0.05) is 6.07 Å². The molecule has 0 bridgehead atoms. The number of aromatic nitrogens is 2. The van der Waals surface area contributed by atoms with Crippen LogP contribution in [0.2, 0.25) is 0 Å². The van der Waals surface area contributed by atoms with Gasteiger partial charge < -0.3 is 10.1 Å². The van der Waals surface area contributed by atoms with Gasteiger partial charge in [-0.3, -0.25) is 0 Å². The minimum absolute atomic E-state index is 0.189. The largest absolute Gasteiger partial charge is 0.379 e. The molecule has 7 nitrogen and oxygen atoms in total. The first-order chi connectivity index (χ1) is 12.2. The van der Waals surface area contributed by atoms with E-state index in [0.29, 0.717) is 30.4 Å². The molecule has 0 fully saturated rings. The Kier molecular flexibility index (Phi) is 5.34. The van der Waals surface area contributed by atoms with E-state index in [1.807, 2.05) is 6.92 Å². The third-order valence-corrected chi connectivity index (χ3v) is 3.56. The Morgan fingerprint density at radius 2 is 2.04 bits per heavy atom. The average molecular weight is 346 g/mol. The van der Waals surface area contributed by atoms with E-state index in [9.17, 15) is 8.78 Å². The maximum Gasteiger partial charge on any atom is 0.223 e. The first kappa shape index (κ1) is 17.0. The average Bonchev–Trinajstić information content (AvgIpc) is 3.14. The number of nitrogens with one attached hydrogen (secondary N) is 1. The van der Waals surface area contributed by atoms with Crippen LogP contribution in [0.1, 0.15) is 24.1 Å². The van der Waals surface area contributed by atoms with Crippen molar-refractivity contribution in [2.24, 2.45) is 15.4 Å². The number of nitrogens with zero attached hydrogens (tertiary/aromatic N) is 5. The number of ether oxygens (including phenoxy) is 1. The van der Waals surface area contributed by atoms with Crippen LogP contribution in [0.5, 0.6) is 0 Å². The molecule has 0 spiro atoms. The minimum atomic E-state index is -0.655. The Hall–Kier alpha value is -2.81. The molecule has 3 rings (SSSR count). The summed E-state index contributed by atoms with van der Waals surface area (Å²) in [7, 11) is 0. The van der Waals surface area contributed by atoms with Gasteiger partial charge in [0.25, 0.3) is 0 Å². The van der Waals surface area contributed by atoms with Gasteiger partial charge in [0.05, 0.1) is 18.4 Å². The molecule has 1 aliphatic heterocycles. The zero-order chi connectivity index (χ0) is 17.6. The third kappa shape index (κ3) is 4.18. The summed E-state index contributed by atoms with van der Waals surface area (Å²) in [5.74, 6) is -0.993. The van der Waals surface area contributed by atoms with Gasteiger partial charge in [-0.2, -0.15) is 5.11 Å². The van der Waals surface area contributed by atoms with Crippen molar-refractivity contribution in [1.29, 1.82) is 0 Å². The lowest BCUT2D eigenvalue weighted by Crippen LogP contribution is -2.20. The monoisotopic (exact) mass is 346 g/mol. The molecule has 0 saturated carbocycles. The summed E-state index contributed by atoms with van der Waals surface area (Å²) < 4.78 is 32.6. The molecule has 1 unspecified atom stereocenters. The van der Waals surface area contributed by atoms with Crippen LogP contribution in [-0.4, -0.2) is 35.4 Å². The van der Waals surface area contributed by atoms with Gasteiger partial charge in [-0.25, -0.2) is 18.7 Å². The standard InChI is InChI=1S/C16H16F2N6O/c1-2-25-9-15(12-4-3-11(17)5-13(12)18)22-16-19-6-10(7-20-16)14-8-21-24-23-14/h3-7,15H,2,8-9H2,1H3,(H,19,20,22). The van der Waals surface area contributed by atoms with Crippen LogP contribution in [0.25, 0.3) is 0 Å². The summed E-state index contributed by atoms with van der Waals surface area (Å²) in [6.45, 7) is 2.88. The zero-order valence-corrected chi connectivity index (χ0v) is 13.5. The highest BCUT2D eigenvalue weighted by atomic mass is 19.1. The van der Waals surface area contributed by atoms with E-state index in [4.69, 9.17) is 4.74 Å². The van der Waals surface area contributed by atoms with Crippen LogP contribution in [0.4, 0.5) is 14.7 Å². The first-order valence-electron chi connectivity index (χ1n) is 7.72. The van der Waals surface area contributed by atoms with Gasteiger partial charge in [0, 0.05) is 36.2 Å². The Morgan fingerprint density at radius 3 is 2.68 bits per heavy atom. The molecule has 1 aromatic heterocycles. The van der Waals surface area contributed by atoms with Crippen molar-refractivity contribution >= 4 is 11.7 Å². The van der Waals surface area contributed by atoms with E-state index in [0.717, 1.165) is 6.07 Å². The predicted octanol–water partition coefficient (Wildman–Crippen LogP) is 3.11. The molecule has 130 valence electrons. The second-order valence-corrected chi connectivity index (χ2v) is 5.25. The molecule has 0 radical (unpaired) electrons. The van der Waals surface area contributed by atoms with Gasteiger partial charge >= 0.3 is 0 Å². The maximum absolute atomic E-state index is 14.1.